The van der Waals surface area contributed by atoms with Crippen molar-refractivity contribution >= 4 is 22.4 Å². The number of nitrogens with zero attached hydrogens (tertiary/aromatic N) is 1. The third kappa shape index (κ3) is 4.59. The van der Waals surface area contributed by atoms with Crippen LogP contribution in [0, 0.1) is 5.92 Å². The summed E-state index contributed by atoms with van der Waals surface area (Å²) in [5.41, 5.74) is -1.10. The van der Waals surface area contributed by atoms with E-state index in [1.807, 2.05) is 7.05 Å². The summed E-state index contributed by atoms with van der Waals surface area (Å²) in [5, 5.41) is 3.03. The second kappa shape index (κ2) is 7.83. The normalized spacial score (nSPS) is 17.7. The number of rotatable bonds is 4. The van der Waals surface area contributed by atoms with Gasteiger partial charge < -0.3 is 5.32 Å². The molecule has 0 aliphatic carbocycles. The molecule has 1 aliphatic heterocycles. The Labute approximate surface area is 140 Å². The zero-order valence-corrected chi connectivity index (χ0v) is 14.3. The number of hydrogen-bond donors (Lipinski definition) is 1. The molecule has 0 atom stereocenters. The van der Waals surface area contributed by atoms with Crippen molar-refractivity contribution in [3.05, 3.63) is 29.8 Å². The second-order valence-electron chi connectivity index (χ2n) is 5.40. The molecule has 0 amide bonds. The first kappa shape index (κ1) is 20.2. The Morgan fingerprint density at radius 2 is 1.78 bits per heavy atom. The lowest BCUT2D eigenvalue weighted by Gasteiger charge is -2.31. The zero-order chi connectivity index (χ0) is 16.4. The van der Waals surface area contributed by atoms with Crippen molar-refractivity contribution in [1.82, 2.24) is 9.62 Å². The highest BCUT2D eigenvalue weighted by molar-refractivity contribution is 7.89. The van der Waals surface area contributed by atoms with E-state index in [1.165, 1.54) is 12.1 Å². The van der Waals surface area contributed by atoms with Crippen LogP contribution < -0.4 is 5.32 Å². The van der Waals surface area contributed by atoms with E-state index in [2.05, 4.69) is 5.32 Å². The lowest BCUT2D eigenvalue weighted by Crippen LogP contribution is -2.40. The Kier molecular flexibility index (Phi) is 6.88. The van der Waals surface area contributed by atoms with Crippen LogP contribution in [-0.4, -0.2) is 39.4 Å². The van der Waals surface area contributed by atoms with Crippen molar-refractivity contribution < 1.29 is 21.6 Å². The van der Waals surface area contributed by atoms with Gasteiger partial charge in [-0.15, -0.1) is 12.4 Å². The van der Waals surface area contributed by atoms with Crippen molar-refractivity contribution in [3.63, 3.8) is 0 Å². The van der Waals surface area contributed by atoms with Gasteiger partial charge in [0.1, 0.15) is 0 Å². The summed E-state index contributed by atoms with van der Waals surface area (Å²) in [7, 11) is -2.30. The monoisotopic (exact) mass is 372 g/mol. The van der Waals surface area contributed by atoms with Gasteiger partial charge in [-0.05, 0) is 44.5 Å². The minimum Gasteiger partial charge on any atom is -0.319 e. The van der Waals surface area contributed by atoms with Crippen LogP contribution in [-0.2, 0) is 16.2 Å². The Morgan fingerprint density at radius 1 is 1.22 bits per heavy atom. The topological polar surface area (TPSA) is 49.4 Å². The number of hydrogen-bond acceptors (Lipinski definition) is 3. The van der Waals surface area contributed by atoms with Gasteiger partial charge in [0.2, 0.25) is 10.0 Å². The predicted octanol–water partition coefficient (Wildman–Crippen LogP) is 2.75. The summed E-state index contributed by atoms with van der Waals surface area (Å²) < 4.78 is 65.3. The van der Waals surface area contributed by atoms with Crippen LogP contribution in [0.3, 0.4) is 0 Å². The molecule has 1 heterocycles. The predicted molar refractivity (Wildman–Crippen MR) is 84.1 cm³/mol. The van der Waals surface area contributed by atoms with Gasteiger partial charge in [-0.25, -0.2) is 8.42 Å². The lowest BCUT2D eigenvalue weighted by molar-refractivity contribution is -0.139. The lowest BCUT2D eigenvalue weighted by atomic mass is 9.98. The standard InChI is InChI=1S/C14H19F3N2O2S.ClH/c1-18-10-11-6-8-19(9-7-11)22(20,21)13-5-3-2-4-12(13)14(15,16)17;/h2-5,11,18H,6-10H2,1H3;1H. The summed E-state index contributed by atoms with van der Waals surface area (Å²) in [4.78, 5) is -0.658. The minimum atomic E-state index is -4.69. The Balaban J connectivity index is 0.00000264. The van der Waals surface area contributed by atoms with Crippen molar-refractivity contribution in [2.75, 3.05) is 26.7 Å². The Morgan fingerprint density at radius 3 is 2.30 bits per heavy atom. The van der Waals surface area contributed by atoms with Gasteiger partial charge >= 0.3 is 6.18 Å². The molecule has 0 saturated carbocycles. The second-order valence-corrected chi connectivity index (χ2v) is 7.31. The molecule has 0 unspecified atom stereocenters. The summed E-state index contributed by atoms with van der Waals surface area (Å²) in [6.07, 6.45) is -3.39. The quantitative estimate of drug-likeness (QED) is 0.884. The van der Waals surface area contributed by atoms with E-state index in [-0.39, 0.29) is 25.5 Å². The number of benzene rings is 1. The number of halogens is 4. The van der Waals surface area contributed by atoms with Crippen LogP contribution in [0.4, 0.5) is 13.2 Å². The highest BCUT2D eigenvalue weighted by Gasteiger charge is 2.39. The summed E-state index contributed by atoms with van der Waals surface area (Å²) in [6.45, 7) is 1.29. The average molecular weight is 373 g/mol. The third-order valence-corrected chi connectivity index (χ3v) is 5.83. The molecule has 2 rings (SSSR count). The van der Waals surface area contributed by atoms with Gasteiger partial charge in [-0.3, -0.25) is 0 Å². The van der Waals surface area contributed by atoms with Gasteiger partial charge in [0, 0.05) is 13.1 Å². The Bertz CT molecular complexity index is 615. The fraction of sp³-hybridized carbons (Fsp3) is 0.571. The van der Waals surface area contributed by atoms with Crippen LogP contribution in [0.25, 0.3) is 0 Å². The first-order valence-corrected chi connectivity index (χ1v) is 8.52. The van der Waals surface area contributed by atoms with Crippen LogP contribution in [0.5, 0.6) is 0 Å². The fourth-order valence-electron chi connectivity index (χ4n) is 2.71. The van der Waals surface area contributed by atoms with Crippen LogP contribution in [0.2, 0.25) is 0 Å². The maximum atomic E-state index is 13.0. The highest BCUT2D eigenvalue weighted by Crippen LogP contribution is 2.35. The molecule has 0 radical (unpaired) electrons. The van der Waals surface area contributed by atoms with E-state index >= 15 is 0 Å². The van der Waals surface area contributed by atoms with Crippen molar-refractivity contribution in [2.24, 2.45) is 5.92 Å². The SMILES string of the molecule is CNCC1CCN(S(=O)(=O)c2ccccc2C(F)(F)F)CC1.Cl. The molecule has 4 nitrogen and oxygen atoms in total. The fourth-order valence-corrected chi connectivity index (χ4v) is 4.39. The van der Waals surface area contributed by atoms with E-state index in [9.17, 15) is 21.6 Å². The van der Waals surface area contributed by atoms with Crippen LogP contribution >= 0.6 is 12.4 Å². The summed E-state index contributed by atoms with van der Waals surface area (Å²) in [5.74, 6) is 0.356. The van der Waals surface area contributed by atoms with E-state index in [0.717, 1.165) is 23.0 Å². The first-order chi connectivity index (χ1) is 10.3. The van der Waals surface area contributed by atoms with Gasteiger partial charge in [-0.1, -0.05) is 12.1 Å². The molecule has 9 heteroatoms. The van der Waals surface area contributed by atoms with E-state index in [1.54, 1.807) is 0 Å². The molecule has 1 aromatic carbocycles. The largest absolute Gasteiger partial charge is 0.417 e. The maximum absolute atomic E-state index is 13.0. The zero-order valence-electron chi connectivity index (χ0n) is 12.6. The van der Waals surface area contributed by atoms with Gasteiger partial charge in [-0.2, -0.15) is 17.5 Å². The maximum Gasteiger partial charge on any atom is 0.417 e. The number of nitrogens with one attached hydrogen (secondary N) is 1. The van der Waals surface area contributed by atoms with Crippen molar-refractivity contribution in [2.45, 2.75) is 23.9 Å². The highest BCUT2D eigenvalue weighted by atomic mass is 35.5. The smallest absolute Gasteiger partial charge is 0.319 e. The molecule has 1 fully saturated rings. The molecule has 1 aliphatic rings. The summed E-state index contributed by atoms with van der Waals surface area (Å²) in [6, 6.07) is 4.34. The average Bonchev–Trinajstić information content (AvgIpc) is 2.47. The molecular formula is C14H20ClF3N2O2S. The van der Waals surface area contributed by atoms with Gasteiger partial charge in [0.15, 0.2) is 0 Å². The van der Waals surface area contributed by atoms with Gasteiger partial charge in [0.05, 0.1) is 10.5 Å². The molecule has 1 saturated heterocycles. The summed E-state index contributed by atoms with van der Waals surface area (Å²) >= 11 is 0. The first-order valence-electron chi connectivity index (χ1n) is 7.08. The van der Waals surface area contributed by atoms with Crippen LogP contribution in [0.15, 0.2) is 29.2 Å². The number of sulfonamides is 1. The molecule has 0 bridgehead atoms. The van der Waals surface area contributed by atoms with E-state index in [0.29, 0.717) is 18.8 Å². The molecule has 1 aromatic rings. The van der Waals surface area contributed by atoms with E-state index in [4.69, 9.17) is 0 Å². The molecule has 132 valence electrons. The minimum absolute atomic E-state index is 0. The van der Waals surface area contributed by atoms with E-state index < -0.39 is 26.7 Å². The third-order valence-electron chi connectivity index (χ3n) is 3.88. The molecule has 0 aromatic heterocycles. The molecule has 23 heavy (non-hydrogen) atoms. The van der Waals surface area contributed by atoms with Crippen LogP contribution in [0.1, 0.15) is 18.4 Å². The molecule has 1 N–H and O–H groups in total. The van der Waals surface area contributed by atoms with Crippen molar-refractivity contribution in [1.29, 1.82) is 0 Å². The number of piperidine rings is 1. The molecule has 0 spiro atoms. The van der Waals surface area contributed by atoms with Crippen molar-refractivity contribution in [3.8, 4) is 0 Å². The number of alkyl halides is 3. The molecular weight excluding hydrogens is 353 g/mol. The van der Waals surface area contributed by atoms with Gasteiger partial charge in [0.25, 0.3) is 0 Å². The Hall–Kier alpha value is -0.830.